The summed E-state index contributed by atoms with van der Waals surface area (Å²) in [5.41, 5.74) is 5.84. The van der Waals surface area contributed by atoms with Crippen molar-refractivity contribution in [2.75, 3.05) is 20.2 Å². The van der Waals surface area contributed by atoms with Crippen molar-refractivity contribution in [2.24, 2.45) is 17.6 Å². The summed E-state index contributed by atoms with van der Waals surface area (Å²) >= 11 is 0. The van der Waals surface area contributed by atoms with Crippen molar-refractivity contribution in [3.05, 3.63) is 0 Å². The number of hydrogen-bond donors (Lipinski definition) is 1. The maximum atomic E-state index is 12.5. The van der Waals surface area contributed by atoms with Gasteiger partial charge in [-0.1, -0.05) is 12.8 Å². The molecule has 2 fully saturated rings. The smallest absolute Gasteiger partial charge is 0.228 e. The highest BCUT2D eigenvalue weighted by Gasteiger charge is 2.35. The van der Waals surface area contributed by atoms with Crippen LogP contribution in [0.5, 0.6) is 0 Å². The molecule has 1 aliphatic carbocycles. The van der Waals surface area contributed by atoms with Gasteiger partial charge >= 0.3 is 0 Å². The zero-order chi connectivity index (χ0) is 13.1. The van der Waals surface area contributed by atoms with Crippen LogP contribution in [-0.4, -0.2) is 43.2 Å². The van der Waals surface area contributed by atoms with E-state index < -0.39 is 0 Å². The van der Waals surface area contributed by atoms with Gasteiger partial charge in [0.05, 0.1) is 18.6 Å². The van der Waals surface area contributed by atoms with Crippen LogP contribution in [0.1, 0.15) is 39.0 Å². The van der Waals surface area contributed by atoms with Crippen LogP contribution in [-0.2, 0) is 9.53 Å². The molecule has 2 N–H and O–H groups in total. The number of carbonyl (C=O) groups is 1. The SMILES string of the molecule is CC1CC(C(=O)N(C)C2CCCCC2CN)CO1. The fraction of sp³-hybridized carbons (Fsp3) is 0.929. The van der Waals surface area contributed by atoms with E-state index in [-0.39, 0.29) is 17.9 Å². The Hall–Kier alpha value is -0.610. The third-order valence-electron chi connectivity index (χ3n) is 4.56. The van der Waals surface area contributed by atoms with Crippen molar-refractivity contribution in [1.82, 2.24) is 4.90 Å². The molecule has 1 saturated heterocycles. The van der Waals surface area contributed by atoms with Crippen LogP contribution in [0.2, 0.25) is 0 Å². The van der Waals surface area contributed by atoms with Gasteiger partial charge in [0.2, 0.25) is 5.91 Å². The summed E-state index contributed by atoms with van der Waals surface area (Å²) < 4.78 is 5.51. The number of nitrogens with two attached hydrogens (primary N) is 1. The Labute approximate surface area is 110 Å². The van der Waals surface area contributed by atoms with E-state index in [0.29, 0.717) is 25.1 Å². The predicted octanol–water partition coefficient (Wildman–Crippen LogP) is 1.39. The van der Waals surface area contributed by atoms with Crippen LogP contribution >= 0.6 is 0 Å². The van der Waals surface area contributed by atoms with Crippen LogP contribution < -0.4 is 5.73 Å². The second-order valence-electron chi connectivity index (χ2n) is 5.87. The van der Waals surface area contributed by atoms with Gasteiger partial charge in [-0.15, -0.1) is 0 Å². The quantitative estimate of drug-likeness (QED) is 0.828. The van der Waals surface area contributed by atoms with Gasteiger partial charge in [0, 0.05) is 13.1 Å². The molecule has 0 aromatic carbocycles. The highest BCUT2D eigenvalue weighted by Crippen LogP contribution is 2.29. The topological polar surface area (TPSA) is 55.6 Å². The zero-order valence-electron chi connectivity index (χ0n) is 11.6. The van der Waals surface area contributed by atoms with E-state index in [4.69, 9.17) is 10.5 Å². The molecular weight excluding hydrogens is 228 g/mol. The summed E-state index contributed by atoms with van der Waals surface area (Å²) in [5.74, 6) is 0.794. The molecule has 0 aromatic rings. The Balaban J connectivity index is 1.96. The largest absolute Gasteiger partial charge is 0.378 e. The van der Waals surface area contributed by atoms with Crippen molar-refractivity contribution < 1.29 is 9.53 Å². The van der Waals surface area contributed by atoms with E-state index in [9.17, 15) is 4.79 Å². The number of ether oxygens (including phenoxy) is 1. The van der Waals surface area contributed by atoms with Gasteiger partial charge in [-0.3, -0.25) is 4.79 Å². The molecule has 1 saturated carbocycles. The number of nitrogens with zero attached hydrogens (tertiary/aromatic N) is 1. The number of rotatable bonds is 3. The maximum Gasteiger partial charge on any atom is 0.228 e. The van der Waals surface area contributed by atoms with Crippen LogP contribution in [0.25, 0.3) is 0 Å². The summed E-state index contributed by atoms with van der Waals surface area (Å²) in [4.78, 5) is 14.4. The molecule has 0 spiro atoms. The number of hydrogen-bond acceptors (Lipinski definition) is 3. The molecule has 104 valence electrons. The molecule has 2 rings (SSSR count). The maximum absolute atomic E-state index is 12.5. The van der Waals surface area contributed by atoms with E-state index in [1.165, 1.54) is 12.8 Å². The van der Waals surface area contributed by atoms with Crippen molar-refractivity contribution in [3.63, 3.8) is 0 Å². The molecule has 0 bridgehead atoms. The van der Waals surface area contributed by atoms with Crippen LogP contribution in [0.4, 0.5) is 0 Å². The minimum Gasteiger partial charge on any atom is -0.378 e. The van der Waals surface area contributed by atoms with Crippen LogP contribution in [0, 0.1) is 11.8 Å². The van der Waals surface area contributed by atoms with E-state index in [1.54, 1.807) is 0 Å². The average Bonchev–Trinajstić information content (AvgIpc) is 2.83. The lowest BCUT2D eigenvalue weighted by molar-refractivity contribution is -0.138. The molecule has 0 radical (unpaired) electrons. The second-order valence-corrected chi connectivity index (χ2v) is 5.87. The summed E-state index contributed by atoms with van der Waals surface area (Å²) in [5, 5.41) is 0. The number of amides is 1. The van der Waals surface area contributed by atoms with E-state index in [0.717, 1.165) is 19.3 Å². The first-order chi connectivity index (χ1) is 8.63. The molecule has 4 nitrogen and oxygen atoms in total. The average molecular weight is 254 g/mol. The molecular formula is C14H26N2O2. The van der Waals surface area contributed by atoms with Crippen molar-refractivity contribution in [1.29, 1.82) is 0 Å². The molecule has 1 aliphatic heterocycles. The highest BCUT2D eigenvalue weighted by molar-refractivity contribution is 5.79. The van der Waals surface area contributed by atoms with Crippen LogP contribution in [0.15, 0.2) is 0 Å². The van der Waals surface area contributed by atoms with Crippen molar-refractivity contribution in [2.45, 2.75) is 51.2 Å². The first-order valence-corrected chi connectivity index (χ1v) is 7.21. The first kappa shape index (κ1) is 13.8. The molecule has 4 atom stereocenters. The fourth-order valence-electron chi connectivity index (χ4n) is 3.41. The Morgan fingerprint density at radius 3 is 2.72 bits per heavy atom. The third-order valence-corrected chi connectivity index (χ3v) is 4.56. The predicted molar refractivity (Wildman–Crippen MR) is 71.1 cm³/mol. The van der Waals surface area contributed by atoms with Gasteiger partial charge in [-0.25, -0.2) is 0 Å². The van der Waals surface area contributed by atoms with Crippen LogP contribution in [0.3, 0.4) is 0 Å². The highest BCUT2D eigenvalue weighted by atomic mass is 16.5. The monoisotopic (exact) mass is 254 g/mol. The standard InChI is InChI=1S/C14H26N2O2/c1-10-7-12(9-18-10)14(17)16(2)13-6-4-3-5-11(13)8-15/h10-13H,3-9,15H2,1-2H3. The summed E-state index contributed by atoms with van der Waals surface area (Å²) in [6, 6.07) is 0.340. The van der Waals surface area contributed by atoms with E-state index in [2.05, 4.69) is 0 Å². The Morgan fingerprint density at radius 2 is 2.11 bits per heavy atom. The zero-order valence-corrected chi connectivity index (χ0v) is 11.6. The molecule has 1 heterocycles. The Morgan fingerprint density at radius 1 is 1.39 bits per heavy atom. The normalized spacial score (nSPS) is 36.6. The van der Waals surface area contributed by atoms with Gasteiger partial charge in [-0.05, 0) is 38.6 Å². The fourth-order valence-corrected chi connectivity index (χ4v) is 3.41. The van der Waals surface area contributed by atoms with E-state index in [1.807, 2.05) is 18.9 Å². The minimum atomic E-state index is 0.0605. The van der Waals surface area contributed by atoms with E-state index >= 15 is 0 Å². The number of carbonyl (C=O) groups excluding carboxylic acids is 1. The van der Waals surface area contributed by atoms with Gasteiger partial charge in [0.15, 0.2) is 0 Å². The minimum absolute atomic E-state index is 0.0605. The molecule has 1 amide bonds. The lowest BCUT2D eigenvalue weighted by Gasteiger charge is -2.38. The summed E-state index contributed by atoms with van der Waals surface area (Å²) in [6.07, 6.45) is 5.83. The molecule has 2 aliphatic rings. The molecule has 0 aromatic heterocycles. The molecule has 18 heavy (non-hydrogen) atoms. The summed E-state index contributed by atoms with van der Waals surface area (Å²) in [7, 11) is 1.95. The lowest BCUT2D eigenvalue weighted by Crippen LogP contribution is -2.48. The van der Waals surface area contributed by atoms with Crippen molar-refractivity contribution in [3.8, 4) is 0 Å². The Bertz CT molecular complexity index is 296. The molecule has 4 heteroatoms. The first-order valence-electron chi connectivity index (χ1n) is 7.21. The molecule has 4 unspecified atom stereocenters. The van der Waals surface area contributed by atoms with Gasteiger partial charge in [0.1, 0.15) is 0 Å². The summed E-state index contributed by atoms with van der Waals surface area (Å²) in [6.45, 7) is 3.32. The lowest BCUT2D eigenvalue weighted by atomic mass is 9.83. The van der Waals surface area contributed by atoms with Crippen molar-refractivity contribution >= 4 is 5.91 Å². The Kier molecular flexibility index (Phi) is 4.62. The van der Waals surface area contributed by atoms with Gasteiger partial charge < -0.3 is 15.4 Å². The third kappa shape index (κ3) is 2.86. The second kappa shape index (κ2) is 6.02. The van der Waals surface area contributed by atoms with Gasteiger partial charge in [0.25, 0.3) is 0 Å². The van der Waals surface area contributed by atoms with Gasteiger partial charge in [-0.2, -0.15) is 0 Å².